The normalized spacial score (nSPS) is 19.8. The fraction of sp³-hybridized carbons (Fsp3) is 0.562. The van der Waals surface area contributed by atoms with Gasteiger partial charge in [0.2, 0.25) is 0 Å². The summed E-state index contributed by atoms with van der Waals surface area (Å²) in [5, 5.41) is 2.50. The van der Waals surface area contributed by atoms with Crippen LogP contribution in [0.2, 0.25) is 0 Å². The van der Waals surface area contributed by atoms with Gasteiger partial charge in [0.15, 0.2) is 0 Å². The summed E-state index contributed by atoms with van der Waals surface area (Å²) in [5.41, 5.74) is -0.679. The molecule has 1 aliphatic heterocycles. The molecule has 1 saturated heterocycles. The average Bonchev–Trinajstić information content (AvgIpc) is 2.54. The summed E-state index contributed by atoms with van der Waals surface area (Å²) in [6.07, 6.45) is -2.27. The molecule has 8 heteroatoms. The predicted octanol–water partition coefficient (Wildman–Crippen LogP) is 4.22. The molecule has 0 spiro atoms. The van der Waals surface area contributed by atoms with Gasteiger partial charge in [0.05, 0.1) is 24.0 Å². The molecule has 0 aromatic heterocycles. The monoisotopic (exact) mass is 457 g/mol. The van der Waals surface area contributed by atoms with Crippen molar-refractivity contribution in [3.05, 3.63) is 27.3 Å². The zero-order valence-corrected chi connectivity index (χ0v) is 15.3. The van der Waals surface area contributed by atoms with Crippen LogP contribution in [0.1, 0.15) is 31.7 Å². The van der Waals surface area contributed by atoms with Gasteiger partial charge in [-0.25, -0.2) is 0 Å². The Kier molecular flexibility index (Phi) is 6.88. The maximum atomic E-state index is 12.8. The smallest absolute Gasteiger partial charge is 0.376 e. The summed E-state index contributed by atoms with van der Waals surface area (Å²) in [7, 11) is 0. The minimum absolute atomic E-state index is 0.0253. The van der Waals surface area contributed by atoms with Gasteiger partial charge in [-0.05, 0) is 67.0 Å². The highest BCUT2D eigenvalue weighted by atomic mass is 127. The standard InChI is InChI=1S/C16H19F3INO3/c1-10(24-9-12-4-2-3-7-23-12)15(22)21-14-8-11(16(17,18)19)5-6-13(14)20/h5-6,8,10,12H,2-4,7,9H2,1H3,(H,21,22). The summed E-state index contributed by atoms with van der Waals surface area (Å²) in [6.45, 7) is 2.56. The lowest BCUT2D eigenvalue weighted by Crippen LogP contribution is -2.32. The van der Waals surface area contributed by atoms with Crippen molar-refractivity contribution in [1.29, 1.82) is 0 Å². The van der Waals surface area contributed by atoms with Gasteiger partial charge < -0.3 is 14.8 Å². The number of carbonyl (C=O) groups excluding carboxylic acids is 1. The largest absolute Gasteiger partial charge is 0.416 e. The summed E-state index contributed by atoms with van der Waals surface area (Å²) in [5.74, 6) is -0.483. The van der Waals surface area contributed by atoms with Crippen molar-refractivity contribution in [3.63, 3.8) is 0 Å². The fourth-order valence-corrected chi connectivity index (χ4v) is 2.77. The van der Waals surface area contributed by atoms with Crippen molar-refractivity contribution < 1.29 is 27.4 Å². The van der Waals surface area contributed by atoms with E-state index in [-0.39, 0.29) is 11.8 Å². The van der Waals surface area contributed by atoms with E-state index in [0.717, 1.165) is 31.4 Å². The second kappa shape index (κ2) is 8.48. The summed E-state index contributed by atoms with van der Waals surface area (Å²) in [6, 6.07) is 3.23. The zero-order valence-electron chi connectivity index (χ0n) is 13.2. The number of amides is 1. The lowest BCUT2D eigenvalue weighted by molar-refractivity contribution is -0.137. The van der Waals surface area contributed by atoms with Gasteiger partial charge in [-0.1, -0.05) is 0 Å². The van der Waals surface area contributed by atoms with Crippen LogP contribution in [0.4, 0.5) is 18.9 Å². The van der Waals surface area contributed by atoms with Crippen LogP contribution in [0.25, 0.3) is 0 Å². The molecule has 134 valence electrons. The van der Waals surface area contributed by atoms with Crippen LogP contribution in [-0.4, -0.2) is 31.3 Å². The second-order valence-electron chi connectivity index (χ2n) is 5.65. The number of rotatable bonds is 5. The number of benzene rings is 1. The van der Waals surface area contributed by atoms with Gasteiger partial charge in [0, 0.05) is 10.2 Å². The van der Waals surface area contributed by atoms with Gasteiger partial charge in [-0.2, -0.15) is 13.2 Å². The van der Waals surface area contributed by atoms with Crippen molar-refractivity contribution in [2.45, 2.75) is 44.6 Å². The van der Waals surface area contributed by atoms with E-state index >= 15 is 0 Å². The first-order valence-electron chi connectivity index (χ1n) is 7.68. The molecule has 24 heavy (non-hydrogen) atoms. The molecule has 1 aromatic carbocycles. The van der Waals surface area contributed by atoms with Crippen LogP contribution in [0.15, 0.2) is 18.2 Å². The first kappa shape index (κ1) is 19.5. The van der Waals surface area contributed by atoms with Crippen molar-refractivity contribution in [2.24, 2.45) is 0 Å². The molecule has 2 unspecified atom stereocenters. The van der Waals surface area contributed by atoms with E-state index in [1.54, 1.807) is 6.92 Å². The molecule has 1 fully saturated rings. The third kappa shape index (κ3) is 5.59. The van der Waals surface area contributed by atoms with Crippen LogP contribution in [-0.2, 0) is 20.4 Å². The molecule has 0 bridgehead atoms. The molecule has 0 saturated carbocycles. The first-order chi connectivity index (χ1) is 11.3. The highest BCUT2D eigenvalue weighted by molar-refractivity contribution is 14.1. The molecule has 1 heterocycles. The maximum Gasteiger partial charge on any atom is 0.416 e. The third-order valence-corrected chi connectivity index (χ3v) is 4.67. The van der Waals surface area contributed by atoms with E-state index < -0.39 is 23.8 Å². The van der Waals surface area contributed by atoms with Crippen LogP contribution >= 0.6 is 22.6 Å². The molecule has 4 nitrogen and oxygen atoms in total. The first-order valence-corrected chi connectivity index (χ1v) is 8.76. The SMILES string of the molecule is CC(OCC1CCCCO1)C(=O)Nc1cc(C(F)(F)F)ccc1I. The van der Waals surface area contributed by atoms with Gasteiger partial charge in [-0.3, -0.25) is 4.79 Å². The minimum Gasteiger partial charge on any atom is -0.376 e. The van der Waals surface area contributed by atoms with Gasteiger partial charge in [0.25, 0.3) is 5.91 Å². The Labute approximate surface area is 152 Å². The second-order valence-corrected chi connectivity index (χ2v) is 6.81. The third-order valence-electron chi connectivity index (χ3n) is 3.73. The Morgan fingerprint density at radius 2 is 2.21 bits per heavy atom. The quantitative estimate of drug-likeness (QED) is 0.674. The van der Waals surface area contributed by atoms with Gasteiger partial charge in [-0.15, -0.1) is 0 Å². The number of hydrogen-bond acceptors (Lipinski definition) is 3. The molecule has 2 rings (SSSR count). The van der Waals surface area contributed by atoms with E-state index in [1.807, 2.05) is 22.6 Å². The van der Waals surface area contributed by atoms with Gasteiger partial charge in [0.1, 0.15) is 6.10 Å². The Morgan fingerprint density at radius 3 is 2.83 bits per heavy atom. The summed E-state index contributed by atoms with van der Waals surface area (Å²) in [4.78, 5) is 12.1. The number of nitrogens with one attached hydrogen (secondary N) is 1. The Hall–Kier alpha value is -0.870. The van der Waals surface area contributed by atoms with E-state index in [1.165, 1.54) is 6.07 Å². The van der Waals surface area contributed by atoms with Gasteiger partial charge >= 0.3 is 6.18 Å². The van der Waals surface area contributed by atoms with Crippen LogP contribution in [0, 0.1) is 3.57 Å². The number of anilines is 1. The maximum absolute atomic E-state index is 12.8. The van der Waals surface area contributed by atoms with Crippen LogP contribution in [0.3, 0.4) is 0 Å². The fourth-order valence-electron chi connectivity index (χ4n) is 2.30. The Bertz CT molecular complexity index is 574. The topological polar surface area (TPSA) is 47.6 Å². The molecule has 1 amide bonds. The van der Waals surface area contributed by atoms with Crippen LogP contribution < -0.4 is 5.32 Å². The number of carbonyl (C=O) groups is 1. The molecule has 0 aliphatic carbocycles. The molecule has 0 radical (unpaired) electrons. The Morgan fingerprint density at radius 1 is 1.46 bits per heavy atom. The summed E-state index contributed by atoms with van der Waals surface area (Å²) >= 11 is 1.88. The molecular weight excluding hydrogens is 438 g/mol. The zero-order chi connectivity index (χ0) is 17.7. The van der Waals surface area contributed by atoms with Crippen molar-refractivity contribution in [1.82, 2.24) is 0 Å². The highest BCUT2D eigenvalue weighted by Gasteiger charge is 2.31. The molecule has 1 aromatic rings. The number of hydrogen-bond donors (Lipinski definition) is 1. The number of ether oxygens (including phenoxy) is 2. The van der Waals surface area contributed by atoms with E-state index in [9.17, 15) is 18.0 Å². The number of alkyl halides is 3. The van der Waals surface area contributed by atoms with Crippen LogP contribution in [0.5, 0.6) is 0 Å². The molecule has 1 aliphatic rings. The van der Waals surface area contributed by atoms with E-state index in [2.05, 4.69) is 5.32 Å². The number of halogens is 4. The Balaban J connectivity index is 1.93. The lowest BCUT2D eigenvalue weighted by atomic mass is 10.1. The minimum atomic E-state index is -4.45. The van der Waals surface area contributed by atoms with Crippen molar-refractivity contribution in [2.75, 3.05) is 18.5 Å². The van der Waals surface area contributed by atoms with Crippen molar-refractivity contribution in [3.8, 4) is 0 Å². The predicted molar refractivity (Wildman–Crippen MR) is 91.8 cm³/mol. The molecule has 2 atom stereocenters. The lowest BCUT2D eigenvalue weighted by Gasteiger charge is -2.24. The van der Waals surface area contributed by atoms with E-state index in [0.29, 0.717) is 16.8 Å². The molecular formula is C16H19F3INO3. The highest BCUT2D eigenvalue weighted by Crippen LogP contribution is 2.32. The average molecular weight is 457 g/mol. The molecule has 1 N–H and O–H groups in total. The van der Waals surface area contributed by atoms with E-state index in [4.69, 9.17) is 9.47 Å². The van der Waals surface area contributed by atoms with Crippen molar-refractivity contribution >= 4 is 34.2 Å². The summed E-state index contributed by atoms with van der Waals surface area (Å²) < 4.78 is 49.8.